The molecule has 100 valence electrons. The van der Waals surface area contributed by atoms with Crippen molar-refractivity contribution in [2.45, 2.75) is 18.8 Å². The second kappa shape index (κ2) is 4.34. The van der Waals surface area contributed by atoms with Crippen LogP contribution in [0.1, 0.15) is 23.5 Å². The first-order chi connectivity index (χ1) is 9.33. The first-order valence-corrected chi connectivity index (χ1v) is 7.40. The number of nitrogens with zero attached hydrogens (tertiary/aromatic N) is 1. The van der Waals surface area contributed by atoms with Crippen LogP contribution >= 0.6 is 0 Å². The fourth-order valence-corrected chi connectivity index (χ4v) is 3.93. The van der Waals surface area contributed by atoms with Gasteiger partial charge in [0.1, 0.15) is 0 Å². The summed E-state index contributed by atoms with van der Waals surface area (Å²) in [6, 6.07) is 8.37. The summed E-state index contributed by atoms with van der Waals surface area (Å²) < 4.78 is 0. The van der Waals surface area contributed by atoms with E-state index in [1.165, 1.54) is 17.5 Å². The van der Waals surface area contributed by atoms with E-state index in [0.29, 0.717) is 11.8 Å². The molecule has 3 aliphatic rings. The van der Waals surface area contributed by atoms with Gasteiger partial charge in [-0.2, -0.15) is 0 Å². The van der Waals surface area contributed by atoms with E-state index >= 15 is 0 Å². The summed E-state index contributed by atoms with van der Waals surface area (Å²) in [5.41, 5.74) is 2.62. The van der Waals surface area contributed by atoms with Crippen molar-refractivity contribution < 1.29 is 4.79 Å². The van der Waals surface area contributed by atoms with Crippen LogP contribution in [0.25, 0.3) is 0 Å². The minimum absolute atomic E-state index is 0.141. The van der Waals surface area contributed by atoms with Crippen LogP contribution in [0.2, 0.25) is 0 Å². The van der Waals surface area contributed by atoms with Gasteiger partial charge in [-0.3, -0.25) is 4.79 Å². The van der Waals surface area contributed by atoms with Crippen LogP contribution in [0.4, 0.5) is 0 Å². The highest BCUT2D eigenvalue weighted by molar-refractivity contribution is 5.87. The average Bonchev–Trinajstić information content (AvgIpc) is 2.87. The van der Waals surface area contributed by atoms with E-state index in [1.807, 2.05) is 6.07 Å². The molecule has 2 aliphatic heterocycles. The lowest BCUT2D eigenvalue weighted by molar-refractivity contribution is -0.135. The number of nitrogens with one attached hydrogen (secondary N) is 1. The average molecular weight is 256 g/mol. The number of carbonyl (C=O) groups is 1. The highest BCUT2D eigenvalue weighted by Gasteiger charge is 2.39. The van der Waals surface area contributed by atoms with Gasteiger partial charge < -0.3 is 10.2 Å². The number of rotatable bonds is 1. The van der Waals surface area contributed by atoms with Crippen molar-refractivity contribution >= 4 is 5.91 Å². The largest absolute Gasteiger partial charge is 0.342 e. The minimum atomic E-state index is 0.141. The Balaban J connectivity index is 1.47. The van der Waals surface area contributed by atoms with Gasteiger partial charge in [-0.05, 0) is 48.9 Å². The molecule has 2 fully saturated rings. The third kappa shape index (κ3) is 1.79. The third-order valence-electron chi connectivity index (χ3n) is 5.17. The van der Waals surface area contributed by atoms with E-state index in [4.69, 9.17) is 0 Å². The zero-order valence-corrected chi connectivity index (χ0v) is 11.1. The third-order valence-corrected chi connectivity index (χ3v) is 5.17. The molecule has 19 heavy (non-hydrogen) atoms. The van der Waals surface area contributed by atoms with Gasteiger partial charge in [-0.1, -0.05) is 24.3 Å². The van der Waals surface area contributed by atoms with Crippen molar-refractivity contribution in [3.8, 4) is 0 Å². The van der Waals surface area contributed by atoms with Crippen LogP contribution in [0.3, 0.4) is 0 Å². The Bertz CT molecular complexity index is 513. The molecule has 0 spiro atoms. The van der Waals surface area contributed by atoms with Crippen molar-refractivity contribution in [1.82, 2.24) is 10.2 Å². The molecule has 1 N–H and O–H groups in total. The molecule has 1 amide bonds. The molecular formula is C16H20N2O. The molecule has 3 unspecified atom stereocenters. The second-order valence-electron chi connectivity index (χ2n) is 6.21. The first kappa shape index (κ1) is 11.5. The number of likely N-dealkylation sites (tertiary alicyclic amines) is 1. The maximum atomic E-state index is 12.6. The summed E-state index contributed by atoms with van der Waals surface area (Å²) in [6.07, 6.45) is 2.12. The lowest BCUT2D eigenvalue weighted by atomic mass is 9.76. The lowest BCUT2D eigenvalue weighted by Crippen LogP contribution is -2.47. The molecule has 0 saturated carbocycles. The Morgan fingerprint density at radius 1 is 1.21 bits per heavy atom. The minimum Gasteiger partial charge on any atom is -0.342 e. The van der Waals surface area contributed by atoms with Crippen LogP contribution in [-0.4, -0.2) is 37.0 Å². The predicted octanol–water partition coefficient (Wildman–Crippen LogP) is 1.39. The zero-order valence-electron chi connectivity index (χ0n) is 11.1. The number of amides is 1. The van der Waals surface area contributed by atoms with Crippen LogP contribution in [-0.2, 0) is 11.2 Å². The quantitative estimate of drug-likeness (QED) is 0.823. The van der Waals surface area contributed by atoms with Gasteiger partial charge in [0, 0.05) is 13.1 Å². The Kier molecular flexibility index (Phi) is 2.62. The summed E-state index contributed by atoms with van der Waals surface area (Å²) in [5.74, 6) is 2.00. The monoisotopic (exact) mass is 256 g/mol. The number of fused-ring (bicyclic) bond motifs is 2. The Hall–Kier alpha value is -1.35. The van der Waals surface area contributed by atoms with Crippen LogP contribution in [0.15, 0.2) is 24.3 Å². The molecule has 2 saturated heterocycles. The smallest absolute Gasteiger partial charge is 0.230 e. The molecule has 0 radical (unpaired) electrons. The van der Waals surface area contributed by atoms with Gasteiger partial charge in [-0.25, -0.2) is 0 Å². The Morgan fingerprint density at radius 3 is 2.95 bits per heavy atom. The summed E-state index contributed by atoms with van der Waals surface area (Å²) in [5, 5.41) is 3.46. The van der Waals surface area contributed by atoms with E-state index in [0.717, 1.165) is 38.5 Å². The van der Waals surface area contributed by atoms with Crippen molar-refractivity contribution in [2.75, 3.05) is 26.2 Å². The molecule has 3 atom stereocenters. The standard InChI is InChI=1S/C16H20N2O/c19-16(15-7-11-3-1-2-4-14(11)15)18-6-5-12-8-17-9-13(12)10-18/h1-4,12-13,15,17H,5-10H2. The van der Waals surface area contributed by atoms with Crippen LogP contribution < -0.4 is 5.32 Å². The summed E-state index contributed by atoms with van der Waals surface area (Å²) in [6.45, 7) is 4.17. The number of benzene rings is 1. The highest BCUT2D eigenvalue weighted by Crippen LogP contribution is 2.37. The van der Waals surface area contributed by atoms with E-state index in [-0.39, 0.29) is 5.92 Å². The fraction of sp³-hybridized carbons (Fsp3) is 0.562. The van der Waals surface area contributed by atoms with Crippen molar-refractivity contribution in [1.29, 1.82) is 0 Å². The number of carbonyl (C=O) groups excluding carboxylic acids is 1. The van der Waals surface area contributed by atoms with E-state index < -0.39 is 0 Å². The number of piperidine rings is 1. The topological polar surface area (TPSA) is 32.3 Å². The van der Waals surface area contributed by atoms with Crippen molar-refractivity contribution in [2.24, 2.45) is 11.8 Å². The Labute approximate surface area is 114 Å². The van der Waals surface area contributed by atoms with Gasteiger partial charge in [-0.15, -0.1) is 0 Å². The summed E-state index contributed by atoms with van der Waals surface area (Å²) in [4.78, 5) is 14.8. The normalized spacial score (nSPS) is 32.4. The van der Waals surface area contributed by atoms with Gasteiger partial charge >= 0.3 is 0 Å². The van der Waals surface area contributed by atoms with Gasteiger partial charge in [0.2, 0.25) is 5.91 Å². The van der Waals surface area contributed by atoms with Crippen LogP contribution in [0.5, 0.6) is 0 Å². The molecule has 1 aliphatic carbocycles. The molecule has 1 aromatic carbocycles. The maximum Gasteiger partial charge on any atom is 0.230 e. The highest BCUT2D eigenvalue weighted by atomic mass is 16.2. The van der Waals surface area contributed by atoms with E-state index in [1.54, 1.807) is 0 Å². The molecule has 0 aromatic heterocycles. The molecule has 2 heterocycles. The lowest BCUT2D eigenvalue weighted by Gasteiger charge is -2.39. The summed E-state index contributed by atoms with van der Waals surface area (Å²) in [7, 11) is 0. The van der Waals surface area contributed by atoms with Crippen LogP contribution in [0, 0.1) is 11.8 Å². The summed E-state index contributed by atoms with van der Waals surface area (Å²) >= 11 is 0. The molecule has 3 heteroatoms. The van der Waals surface area contributed by atoms with Crippen molar-refractivity contribution in [3.63, 3.8) is 0 Å². The molecule has 4 rings (SSSR count). The molecular weight excluding hydrogens is 236 g/mol. The molecule has 0 bridgehead atoms. The van der Waals surface area contributed by atoms with Gasteiger partial charge in [0.25, 0.3) is 0 Å². The second-order valence-corrected chi connectivity index (χ2v) is 6.21. The zero-order chi connectivity index (χ0) is 12.8. The molecule has 1 aromatic rings. The molecule has 3 nitrogen and oxygen atoms in total. The van der Waals surface area contributed by atoms with Crippen molar-refractivity contribution in [3.05, 3.63) is 35.4 Å². The first-order valence-electron chi connectivity index (χ1n) is 7.40. The maximum absolute atomic E-state index is 12.6. The SMILES string of the molecule is O=C(C1Cc2ccccc21)N1CCC2CNCC2C1. The van der Waals surface area contributed by atoms with Gasteiger partial charge in [0.05, 0.1) is 5.92 Å². The number of hydrogen-bond acceptors (Lipinski definition) is 2. The Morgan fingerprint density at radius 2 is 2.05 bits per heavy atom. The fourth-order valence-electron chi connectivity index (χ4n) is 3.93. The predicted molar refractivity (Wildman–Crippen MR) is 73.9 cm³/mol. The van der Waals surface area contributed by atoms with E-state index in [9.17, 15) is 4.79 Å². The van der Waals surface area contributed by atoms with E-state index in [2.05, 4.69) is 28.4 Å². The number of hydrogen-bond donors (Lipinski definition) is 1. The van der Waals surface area contributed by atoms with Gasteiger partial charge in [0.15, 0.2) is 0 Å².